The van der Waals surface area contributed by atoms with Crippen molar-refractivity contribution in [3.05, 3.63) is 78.5 Å². The molecule has 5 nitrogen and oxygen atoms in total. The molecule has 30 heavy (non-hydrogen) atoms. The zero-order chi connectivity index (χ0) is 21.1. The number of ether oxygens (including phenoxy) is 3. The quantitative estimate of drug-likeness (QED) is 0.424. The molecule has 0 fully saturated rings. The number of fused-ring (bicyclic) bond motifs is 1. The molecule has 4 rings (SSSR count). The Morgan fingerprint density at radius 2 is 1.60 bits per heavy atom. The van der Waals surface area contributed by atoms with Crippen LogP contribution in [0.4, 0.5) is 0 Å². The maximum atomic E-state index is 12.3. The number of methoxy groups -OCH3 is 2. The number of rotatable bonds is 6. The molecule has 0 amide bonds. The van der Waals surface area contributed by atoms with Gasteiger partial charge in [-0.1, -0.05) is 48.5 Å². The van der Waals surface area contributed by atoms with Gasteiger partial charge >= 0.3 is 0 Å². The molecule has 0 unspecified atom stereocenters. The van der Waals surface area contributed by atoms with Gasteiger partial charge in [-0.25, -0.2) is 0 Å². The van der Waals surface area contributed by atoms with Gasteiger partial charge in [-0.3, -0.25) is 9.36 Å². The molecule has 5 heteroatoms. The van der Waals surface area contributed by atoms with E-state index < -0.39 is 0 Å². The molecule has 0 radical (unpaired) electrons. The van der Waals surface area contributed by atoms with E-state index in [1.165, 1.54) is 6.92 Å². The largest absolute Gasteiger partial charge is 0.497 e. The summed E-state index contributed by atoms with van der Waals surface area (Å²) in [6.45, 7) is 1.99. The lowest BCUT2D eigenvalue weighted by molar-refractivity contribution is 0.0941. The first-order chi connectivity index (χ1) is 14.6. The predicted molar refractivity (Wildman–Crippen MR) is 118 cm³/mol. The Kier molecular flexibility index (Phi) is 5.44. The number of hydrogen-bond donors (Lipinski definition) is 0. The highest BCUT2D eigenvalue weighted by Crippen LogP contribution is 2.42. The van der Waals surface area contributed by atoms with E-state index >= 15 is 0 Å². The lowest BCUT2D eigenvalue weighted by Gasteiger charge is -2.12. The molecule has 0 aliphatic carbocycles. The fraction of sp³-hybridized carbons (Fsp3) is 0.160. The lowest BCUT2D eigenvalue weighted by atomic mass is 10.0. The van der Waals surface area contributed by atoms with Gasteiger partial charge in [0.2, 0.25) is 5.91 Å². The zero-order valence-electron chi connectivity index (χ0n) is 17.2. The van der Waals surface area contributed by atoms with Crippen molar-refractivity contribution in [1.82, 2.24) is 4.57 Å². The maximum Gasteiger partial charge on any atom is 0.227 e. The Labute approximate surface area is 175 Å². The molecule has 0 saturated heterocycles. The topological polar surface area (TPSA) is 49.7 Å². The standard InChI is InChI=1S/C25H23NO4/c1-17(27)26-15-21(25-22(26)13-19(28-2)14-24(25)29-3)20-11-7-8-12-23(20)30-16-18-9-5-4-6-10-18/h4-15H,16H2,1-3H3. The molecule has 0 bridgehead atoms. The molecular weight excluding hydrogens is 378 g/mol. The Morgan fingerprint density at radius 1 is 0.867 bits per heavy atom. The number of carbonyl (C=O) groups excluding carboxylic acids is 1. The molecule has 0 atom stereocenters. The second kappa shape index (κ2) is 8.33. The van der Waals surface area contributed by atoms with Crippen molar-refractivity contribution >= 4 is 16.8 Å². The van der Waals surface area contributed by atoms with Crippen molar-refractivity contribution in [2.45, 2.75) is 13.5 Å². The van der Waals surface area contributed by atoms with Crippen LogP contribution in [-0.2, 0) is 6.61 Å². The second-order valence-corrected chi connectivity index (χ2v) is 6.93. The molecule has 0 N–H and O–H groups in total. The van der Waals surface area contributed by atoms with Gasteiger partial charge in [0.25, 0.3) is 0 Å². The van der Waals surface area contributed by atoms with Crippen LogP contribution in [0.3, 0.4) is 0 Å². The van der Waals surface area contributed by atoms with Crippen LogP contribution in [-0.4, -0.2) is 24.7 Å². The van der Waals surface area contributed by atoms with Crippen LogP contribution >= 0.6 is 0 Å². The smallest absolute Gasteiger partial charge is 0.227 e. The first-order valence-corrected chi connectivity index (χ1v) is 9.66. The third-order valence-electron chi connectivity index (χ3n) is 5.05. The molecule has 1 aromatic heterocycles. The number of hydrogen-bond acceptors (Lipinski definition) is 4. The van der Waals surface area contributed by atoms with Crippen LogP contribution < -0.4 is 14.2 Å². The average Bonchev–Trinajstić information content (AvgIpc) is 3.17. The number of aromatic nitrogens is 1. The highest BCUT2D eigenvalue weighted by molar-refractivity contribution is 6.06. The second-order valence-electron chi connectivity index (χ2n) is 6.93. The van der Waals surface area contributed by atoms with Gasteiger partial charge in [-0.15, -0.1) is 0 Å². The first kappa shape index (κ1) is 19.6. The summed E-state index contributed by atoms with van der Waals surface area (Å²) in [5, 5.41) is 0.837. The van der Waals surface area contributed by atoms with Crippen molar-refractivity contribution in [2.24, 2.45) is 0 Å². The summed E-state index contributed by atoms with van der Waals surface area (Å²) >= 11 is 0. The van der Waals surface area contributed by atoms with Gasteiger partial charge < -0.3 is 14.2 Å². The van der Waals surface area contributed by atoms with Crippen molar-refractivity contribution in [2.75, 3.05) is 14.2 Å². The predicted octanol–water partition coefficient (Wildman–Crippen LogP) is 5.56. The van der Waals surface area contributed by atoms with Gasteiger partial charge in [-0.2, -0.15) is 0 Å². The van der Waals surface area contributed by atoms with Crippen molar-refractivity contribution < 1.29 is 19.0 Å². The van der Waals surface area contributed by atoms with Gasteiger partial charge in [-0.05, 0) is 11.6 Å². The highest BCUT2D eigenvalue weighted by Gasteiger charge is 2.20. The van der Waals surface area contributed by atoms with Crippen LogP contribution in [0.2, 0.25) is 0 Å². The Morgan fingerprint density at radius 3 is 2.30 bits per heavy atom. The van der Waals surface area contributed by atoms with Gasteiger partial charge in [0.15, 0.2) is 0 Å². The Balaban J connectivity index is 1.87. The van der Waals surface area contributed by atoms with Crippen LogP contribution in [0.25, 0.3) is 22.0 Å². The van der Waals surface area contributed by atoms with Crippen LogP contribution in [0.1, 0.15) is 17.3 Å². The minimum atomic E-state index is -0.0933. The fourth-order valence-corrected chi connectivity index (χ4v) is 3.59. The normalized spacial score (nSPS) is 10.8. The van der Waals surface area contributed by atoms with E-state index in [1.54, 1.807) is 18.8 Å². The summed E-state index contributed by atoms with van der Waals surface area (Å²) in [5.41, 5.74) is 3.57. The molecule has 3 aromatic carbocycles. The van der Waals surface area contributed by atoms with E-state index in [4.69, 9.17) is 14.2 Å². The minimum absolute atomic E-state index is 0.0933. The number of carbonyl (C=O) groups is 1. The zero-order valence-corrected chi connectivity index (χ0v) is 17.2. The van der Waals surface area contributed by atoms with E-state index in [2.05, 4.69) is 0 Å². The molecule has 0 saturated carbocycles. The summed E-state index contributed by atoms with van der Waals surface area (Å²) in [7, 11) is 3.20. The average molecular weight is 401 g/mol. The summed E-state index contributed by atoms with van der Waals surface area (Å²) in [5.74, 6) is 1.91. The minimum Gasteiger partial charge on any atom is -0.497 e. The van der Waals surface area contributed by atoms with Crippen LogP contribution in [0, 0.1) is 0 Å². The number of para-hydroxylation sites is 1. The van der Waals surface area contributed by atoms with Crippen LogP contribution in [0.15, 0.2) is 72.9 Å². The van der Waals surface area contributed by atoms with E-state index in [-0.39, 0.29) is 5.91 Å². The maximum absolute atomic E-state index is 12.3. The molecule has 0 aliphatic heterocycles. The van der Waals surface area contributed by atoms with Crippen molar-refractivity contribution in [3.8, 4) is 28.4 Å². The lowest BCUT2D eigenvalue weighted by Crippen LogP contribution is -2.03. The number of benzene rings is 3. The molecule has 0 aliphatic rings. The third kappa shape index (κ3) is 3.62. The van der Waals surface area contributed by atoms with Gasteiger partial charge in [0, 0.05) is 36.4 Å². The van der Waals surface area contributed by atoms with E-state index in [0.29, 0.717) is 18.1 Å². The van der Waals surface area contributed by atoms with Crippen molar-refractivity contribution in [1.29, 1.82) is 0 Å². The fourth-order valence-electron chi connectivity index (χ4n) is 3.59. The van der Waals surface area contributed by atoms with Gasteiger partial charge in [0.1, 0.15) is 23.9 Å². The summed E-state index contributed by atoms with van der Waals surface area (Å²) in [6, 6.07) is 21.5. The van der Waals surface area contributed by atoms with E-state index in [0.717, 1.165) is 33.3 Å². The Hall–Kier alpha value is -3.73. The van der Waals surface area contributed by atoms with Gasteiger partial charge in [0.05, 0.1) is 25.1 Å². The monoisotopic (exact) mass is 401 g/mol. The highest BCUT2D eigenvalue weighted by atomic mass is 16.5. The molecule has 152 valence electrons. The number of nitrogens with zero attached hydrogens (tertiary/aromatic N) is 1. The third-order valence-corrected chi connectivity index (χ3v) is 5.05. The molecule has 0 spiro atoms. The van der Waals surface area contributed by atoms with Crippen LogP contribution in [0.5, 0.6) is 17.2 Å². The SMILES string of the molecule is COc1cc(OC)c2c(-c3ccccc3OCc3ccccc3)cn(C(C)=O)c2c1. The first-order valence-electron chi connectivity index (χ1n) is 9.66. The summed E-state index contributed by atoms with van der Waals surface area (Å²) in [6.07, 6.45) is 1.83. The van der Waals surface area contributed by atoms with Crippen molar-refractivity contribution in [3.63, 3.8) is 0 Å². The molecular formula is C25H23NO4. The Bertz CT molecular complexity index is 1190. The molecule has 4 aromatic rings. The van der Waals surface area contributed by atoms with E-state index in [9.17, 15) is 4.79 Å². The summed E-state index contributed by atoms with van der Waals surface area (Å²) in [4.78, 5) is 12.3. The summed E-state index contributed by atoms with van der Waals surface area (Å²) < 4.78 is 18.8. The van der Waals surface area contributed by atoms with E-state index in [1.807, 2.05) is 72.9 Å². The molecule has 1 heterocycles.